The molecule has 2 N–H and O–H groups in total. The van der Waals surface area contributed by atoms with Crippen molar-refractivity contribution < 1.29 is 14.7 Å². The predicted octanol–water partition coefficient (Wildman–Crippen LogP) is -0.400. The van der Waals surface area contributed by atoms with Crippen molar-refractivity contribution in [2.45, 2.75) is 13.2 Å². The summed E-state index contributed by atoms with van der Waals surface area (Å²) in [5, 5.41) is 8.82. The van der Waals surface area contributed by atoms with Crippen LogP contribution < -0.4 is 5.48 Å². The number of aliphatic hydroxyl groups is 1. The number of halogens is 1. The van der Waals surface area contributed by atoms with Gasteiger partial charge in [0.1, 0.15) is 6.23 Å². The maximum atomic E-state index is 8.82. The van der Waals surface area contributed by atoms with Crippen molar-refractivity contribution in [2.75, 3.05) is 39.5 Å². The molecule has 1 saturated heterocycles. The summed E-state index contributed by atoms with van der Waals surface area (Å²) in [6.45, 7) is 6.65. The number of rotatable bonds is 5. The maximum absolute atomic E-state index is 8.82. The molecule has 0 aromatic rings. The Morgan fingerprint density at radius 3 is 2.71 bits per heavy atom. The van der Waals surface area contributed by atoms with Gasteiger partial charge in [-0.3, -0.25) is 9.74 Å². The van der Waals surface area contributed by atoms with E-state index in [1.165, 1.54) is 0 Å². The van der Waals surface area contributed by atoms with Crippen molar-refractivity contribution >= 4 is 12.4 Å². The van der Waals surface area contributed by atoms with E-state index in [4.69, 9.17) is 14.7 Å². The molecule has 0 aromatic carbocycles. The van der Waals surface area contributed by atoms with E-state index < -0.39 is 6.23 Å². The van der Waals surface area contributed by atoms with Crippen LogP contribution in [-0.2, 0) is 9.57 Å². The van der Waals surface area contributed by atoms with Crippen LogP contribution in [0, 0.1) is 0 Å². The number of aliphatic hydroxyl groups excluding tert-OH is 1. The van der Waals surface area contributed by atoms with Crippen molar-refractivity contribution in [1.29, 1.82) is 0 Å². The van der Waals surface area contributed by atoms with E-state index in [2.05, 4.69) is 10.4 Å². The number of hydrogen-bond donors (Lipinski definition) is 2. The lowest BCUT2D eigenvalue weighted by molar-refractivity contribution is -0.0603. The molecule has 0 saturated carbocycles. The monoisotopic (exact) mass is 226 g/mol. The topological polar surface area (TPSA) is 54.0 Å². The van der Waals surface area contributed by atoms with E-state index in [-0.39, 0.29) is 12.4 Å². The molecule has 0 radical (unpaired) electrons. The molecule has 0 bridgehead atoms. The summed E-state index contributed by atoms with van der Waals surface area (Å²) in [4.78, 5) is 7.29. The highest BCUT2D eigenvalue weighted by molar-refractivity contribution is 5.85. The van der Waals surface area contributed by atoms with Gasteiger partial charge in [0.05, 0.1) is 19.8 Å². The molecule has 1 heterocycles. The number of morpholine rings is 1. The van der Waals surface area contributed by atoms with Crippen LogP contribution in [0.25, 0.3) is 0 Å². The highest BCUT2D eigenvalue weighted by Crippen LogP contribution is 1.95. The van der Waals surface area contributed by atoms with Crippen molar-refractivity contribution in [3.63, 3.8) is 0 Å². The molecule has 1 atom stereocenters. The van der Waals surface area contributed by atoms with Gasteiger partial charge in [0.15, 0.2) is 0 Å². The van der Waals surface area contributed by atoms with E-state index in [0.29, 0.717) is 6.61 Å². The van der Waals surface area contributed by atoms with Crippen LogP contribution >= 0.6 is 12.4 Å². The van der Waals surface area contributed by atoms with Crippen LogP contribution in [0.5, 0.6) is 0 Å². The van der Waals surface area contributed by atoms with Gasteiger partial charge in [-0.05, 0) is 6.92 Å². The normalized spacial score (nSPS) is 20.1. The second-order valence-corrected chi connectivity index (χ2v) is 3.10. The molecular weight excluding hydrogens is 208 g/mol. The Morgan fingerprint density at radius 2 is 2.14 bits per heavy atom. The average molecular weight is 227 g/mol. The fraction of sp³-hybridized carbons (Fsp3) is 1.00. The van der Waals surface area contributed by atoms with Crippen molar-refractivity contribution in [3.05, 3.63) is 0 Å². The molecule has 1 aliphatic rings. The SMILES string of the molecule is CC(O)NOCCN1CCOCC1.Cl. The Bertz CT molecular complexity index is 132. The van der Waals surface area contributed by atoms with Gasteiger partial charge in [0.2, 0.25) is 0 Å². The Kier molecular flexibility index (Phi) is 8.46. The second kappa shape index (κ2) is 8.40. The Hall–Kier alpha value is 0.0900. The lowest BCUT2D eigenvalue weighted by atomic mass is 10.4. The second-order valence-electron chi connectivity index (χ2n) is 3.10. The van der Waals surface area contributed by atoms with Crippen molar-refractivity contribution in [2.24, 2.45) is 0 Å². The third-order valence-electron chi connectivity index (χ3n) is 1.87. The van der Waals surface area contributed by atoms with Gasteiger partial charge >= 0.3 is 0 Å². The zero-order valence-corrected chi connectivity index (χ0v) is 9.26. The van der Waals surface area contributed by atoms with Crippen molar-refractivity contribution in [3.8, 4) is 0 Å². The van der Waals surface area contributed by atoms with Crippen molar-refractivity contribution in [1.82, 2.24) is 10.4 Å². The Balaban J connectivity index is 0.00000169. The molecule has 0 spiro atoms. The molecule has 0 aliphatic carbocycles. The van der Waals surface area contributed by atoms with Gasteiger partial charge in [-0.1, -0.05) is 0 Å². The van der Waals surface area contributed by atoms with Crippen LogP contribution in [0.3, 0.4) is 0 Å². The molecule has 1 unspecified atom stereocenters. The number of hydrogen-bond acceptors (Lipinski definition) is 5. The summed E-state index contributed by atoms with van der Waals surface area (Å²) in [5.74, 6) is 0. The number of nitrogens with one attached hydrogen (secondary N) is 1. The lowest BCUT2D eigenvalue weighted by Gasteiger charge is -2.26. The third kappa shape index (κ3) is 6.53. The fourth-order valence-corrected chi connectivity index (χ4v) is 1.18. The maximum Gasteiger partial charge on any atom is 0.124 e. The molecule has 1 fully saturated rings. The number of ether oxygens (including phenoxy) is 1. The first kappa shape index (κ1) is 14.1. The zero-order chi connectivity index (χ0) is 9.52. The van der Waals surface area contributed by atoms with E-state index >= 15 is 0 Å². The van der Waals surface area contributed by atoms with Crippen LogP contribution in [-0.4, -0.2) is 55.7 Å². The Morgan fingerprint density at radius 1 is 1.50 bits per heavy atom. The minimum atomic E-state index is -0.607. The lowest BCUT2D eigenvalue weighted by Crippen LogP contribution is -2.39. The molecule has 14 heavy (non-hydrogen) atoms. The molecule has 1 aliphatic heterocycles. The molecule has 86 valence electrons. The molecule has 5 nitrogen and oxygen atoms in total. The minimum Gasteiger partial charge on any atom is -0.379 e. The largest absolute Gasteiger partial charge is 0.379 e. The minimum absolute atomic E-state index is 0. The molecule has 0 aromatic heterocycles. The molecule has 6 heteroatoms. The van der Waals surface area contributed by atoms with Crippen LogP contribution in [0.4, 0.5) is 0 Å². The van der Waals surface area contributed by atoms with Crippen LogP contribution in [0.1, 0.15) is 6.92 Å². The van der Waals surface area contributed by atoms with Crippen LogP contribution in [0.15, 0.2) is 0 Å². The summed E-state index contributed by atoms with van der Waals surface area (Å²) in [5.41, 5.74) is 2.48. The summed E-state index contributed by atoms with van der Waals surface area (Å²) >= 11 is 0. The number of hydroxylamine groups is 1. The van der Waals surface area contributed by atoms with Gasteiger partial charge in [-0.15, -0.1) is 12.4 Å². The van der Waals surface area contributed by atoms with Gasteiger partial charge in [-0.2, -0.15) is 5.48 Å². The highest BCUT2D eigenvalue weighted by atomic mass is 35.5. The first-order valence-electron chi connectivity index (χ1n) is 4.64. The zero-order valence-electron chi connectivity index (χ0n) is 8.44. The molecular formula is C8H19ClN2O3. The number of nitrogens with zero attached hydrogens (tertiary/aromatic N) is 1. The van der Waals surface area contributed by atoms with Gasteiger partial charge in [-0.25, -0.2) is 0 Å². The summed E-state index contributed by atoms with van der Waals surface area (Å²) in [7, 11) is 0. The molecule has 1 rings (SSSR count). The molecule has 0 amide bonds. The first-order chi connectivity index (χ1) is 6.29. The Labute approximate surface area is 90.7 Å². The fourth-order valence-electron chi connectivity index (χ4n) is 1.18. The van der Waals surface area contributed by atoms with E-state index in [1.54, 1.807) is 6.92 Å². The van der Waals surface area contributed by atoms with E-state index in [0.717, 1.165) is 32.8 Å². The first-order valence-corrected chi connectivity index (χ1v) is 4.64. The standard InChI is InChI=1S/C8H18N2O3.ClH/c1-8(11)9-13-7-4-10-2-5-12-6-3-10;/h8-9,11H,2-7H2,1H3;1H. The highest BCUT2D eigenvalue weighted by Gasteiger charge is 2.09. The van der Waals surface area contributed by atoms with Crippen LogP contribution in [0.2, 0.25) is 0 Å². The predicted molar refractivity (Wildman–Crippen MR) is 55.3 cm³/mol. The quantitative estimate of drug-likeness (QED) is 0.380. The van der Waals surface area contributed by atoms with Gasteiger partial charge in [0.25, 0.3) is 0 Å². The third-order valence-corrected chi connectivity index (χ3v) is 1.87. The van der Waals surface area contributed by atoms with E-state index in [1.807, 2.05) is 0 Å². The summed E-state index contributed by atoms with van der Waals surface area (Å²) in [6.07, 6.45) is -0.607. The summed E-state index contributed by atoms with van der Waals surface area (Å²) in [6, 6.07) is 0. The smallest absolute Gasteiger partial charge is 0.124 e. The summed E-state index contributed by atoms with van der Waals surface area (Å²) < 4.78 is 5.21. The van der Waals surface area contributed by atoms with Gasteiger partial charge < -0.3 is 9.84 Å². The van der Waals surface area contributed by atoms with Gasteiger partial charge in [0, 0.05) is 19.6 Å². The average Bonchev–Trinajstić information content (AvgIpc) is 2.14. The van der Waals surface area contributed by atoms with E-state index in [9.17, 15) is 0 Å².